The van der Waals surface area contributed by atoms with Crippen molar-refractivity contribution in [2.24, 2.45) is 0 Å². The third-order valence-electron chi connectivity index (χ3n) is 3.17. The van der Waals surface area contributed by atoms with E-state index in [-0.39, 0.29) is 5.16 Å². The Kier molecular flexibility index (Phi) is 3.79. The van der Waals surface area contributed by atoms with Crippen molar-refractivity contribution in [1.82, 2.24) is 9.97 Å². The number of carbonyl (C=O) groups is 1. The number of hydrogen-bond donors (Lipinski definition) is 0. The zero-order valence-corrected chi connectivity index (χ0v) is 13.7. The van der Waals surface area contributed by atoms with Gasteiger partial charge in [0.25, 0.3) is 0 Å². The smallest absolute Gasteiger partial charge is 0.348 e. The number of nitrogens with zero attached hydrogens (tertiary/aromatic N) is 2. The molecule has 1 atom stereocenters. The van der Waals surface area contributed by atoms with E-state index in [1.807, 2.05) is 0 Å². The Morgan fingerprint density at radius 1 is 1.45 bits per heavy atom. The molecule has 0 aromatic carbocycles. The van der Waals surface area contributed by atoms with Gasteiger partial charge in [-0.2, -0.15) is 0 Å². The van der Waals surface area contributed by atoms with Gasteiger partial charge in [0, 0.05) is 23.6 Å². The molecule has 0 spiro atoms. The van der Waals surface area contributed by atoms with E-state index in [9.17, 15) is 9.00 Å². The van der Waals surface area contributed by atoms with E-state index in [2.05, 4.69) is 9.97 Å². The van der Waals surface area contributed by atoms with Gasteiger partial charge in [-0.15, -0.1) is 11.3 Å². The highest BCUT2D eigenvalue weighted by Crippen LogP contribution is 2.39. The molecule has 6 nitrogen and oxygen atoms in total. The maximum atomic E-state index is 12.1. The maximum absolute atomic E-state index is 12.1. The molecule has 0 bridgehead atoms. The quantitative estimate of drug-likeness (QED) is 0.540. The van der Waals surface area contributed by atoms with Crippen molar-refractivity contribution in [3.8, 4) is 11.1 Å². The summed E-state index contributed by atoms with van der Waals surface area (Å²) in [6.45, 7) is 1.81. The first kappa shape index (κ1) is 14.9. The number of aryl methyl sites for hydroxylation is 1. The molecule has 3 heterocycles. The molecule has 0 saturated carbocycles. The van der Waals surface area contributed by atoms with E-state index in [0.717, 1.165) is 10.3 Å². The van der Waals surface area contributed by atoms with Crippen LogP contribution in [0.2, 0.25) is 0 Å². The number of aromatic nitrogens is 2. The van der Waals surface area contributed by atoms with E-state index in [0.29, 0.717) is 21.7 Å². The highest BCUT2D eigenvalue weighted by Gasteiger charge is 2.24. The van der Waals surface area contributed by atoms with Crippen LogP contribution in [0.3, 0.4) is 0 Å². The molecule has 114 valence electrons. The zero-order chi connectivity index (χ0) is 15.9. The van der Waals surface area contributed by atoms with Crippen LogP contribution in [0, 0.1) is 6.92 Å². The van der Waals surface area contributed by atoms with Crippen LogP contribution in [0.5, 0.6) is 0 Å². The number of hydrogen-bond acceptors (Lipinski definition) is 7. The predicted octanol–water partition coefficient (Wildman–Crippen LogP) is 2.78. The number of methoxy groups -OCH3 is 1. The summed E-state index contributed by atoms with van der Waals surface area (Å²) >= 11 is 1.24. The highest BCUT2D eigenvalue weighted by atomic mass is 32.2. The zero-order valence-electron chi connectivity index (χ0n) is 12.1. The van der Waals surface area contributed by atoms with E-state index in [1.165, 1.54) is 24.7 Å². The van der Waals surface area contributed by atoms with Crippen LogP contribution in [0.1, 0.15) is 15.4 Å². The van der Waals surface area contributed by atoms with Crippen molar-refractivity contribution < 1.29 is 18.2 Å². The van der Waals surface area contributed by atoms with Crippen LogP contribution in [0.4, 0.5) is 0 Å². The SMILES string of the molecule is COC(=O)c1sc2cnc([S@@](C)=O)nc2c1-c1ccoc1C. The topological polar surface area (TPSA) is 82.3 Å². The lowest BCUT2D eigenvalue weighted by Gasteiger charge is -2.02. The van der Waals surface area contributed by atoms with Gasteiger partial charge in [-0.05, 0) is 13.0 Å². The monoisotopic (exact) mass is 336 g/mol. The summed E-state index contributed by atoms with van der Waals surface area (Å²) in [5.74, 6) is 0.223. The second kappa shape index (κ2) is 5.62. The lowest BCUT2D eigenvalue weighted by Crippen LogP contribution is -2.00. The summed E-state index contributed by atoms with van der Waals surface area (Å²) in [5.41, 5.74) is 1.97. The first-order valence-electron chi connectivity index (χ1n) is 6.28. The van der Waals surface area contributed by atoms with Gasteiger partial charge in [0.05, 0.1) is 34.4 Å². The molecule has 0 N–H and O–H groups in total. The largest absolute Gasteiger partial charge is 0.469 e. The summed E-state index contributed by atoms with van der Waals surface area (Å²) in [7, 11) is 0.0245. The molecule has 3 aromatic rings. The van der Waals surface area contributed by atoms with Gasteiger partial charge in [-0.1, -0.05) is 0 Å². The Balaban J connectivity index is 2.38. The number of ether oxygens (including phenoxy) is 1. The summed E-state index contributed by atoms with van der Waals surface area (Å²) in [6, 6.07) is 1.77. The van der Waals surface area contributed by atoms with Crippen molar-refractivity contribution in [3.63, 3.8) is 0 Å². The molecule has 8 heteroatoms. The fourth-order valence-corrected chi connectivity index (χ4v) is 3.61. The van der Waals surface area contributed by atoms with Crippen molar-refractivity contribution in [3.05, 3.63) is 29.2 Å². The Hall–Kier alpha value is -2.06. The lowest BCUT2D eigenvalue weighted by atomic mass is 10.1. The number of fused-ring (bicyclic) bond motifs is 1. The van der Waals surface area contributed by atoms with Crippen molar-refractivity contribution in [2.45, 2.75) is 12.1 Å². The molecular formula is C14H12N2O4S2. The summed E-state index contributed by atoms with van der Waals surface area (Å²) in [6.07, 6.45) is 4.64. The number of rotatable bonds is 3. The minimum atomic E-state index is -1.31. The summed E-state index contributed by atoms with van der Waals surface area (Å²) in [4.78, 5) is 20.9. The summed E-state index contributed by atoms with van der Waals surface area (Å²) in [5, 5.41) is 0.226. The molecular weight excluding hydrogens is 324 g/mol. The second-order valence-corrected chi connectivity index (χ2v) is 6.83. The standard InChI is InChI=1S/C14H12N2O4S2/c1-7-8(4-5-20-7)10-11-9(21-12(10)13(17)19-2)6-15-14(16-11)22(3)18/h4-6H,1-3H3/t22-/m1/s1. The average molecular weight is 336 g/mol. The maximum Gasteiger partial charge on any atom is 0.348 e. The van der Waals surface area contributed by atoms with Gasteiger partial charge in [0.2, 0.25) is 5.16 Å². The first-order chi connectivity index (χ1) is 10.5. The fraction of sp³-hybridized carbons (Fsp3) is 0.214. The molecule has 0 saturated heterocycles. The van der Waals surface area contributed by atoms with Gasteiger partial charge in [0.1, 0.15) is 10.6 Å². The highest BCUT2D eigenvalue weighted by molar-refractivity contribution is 7.84. The van der Waals surface area contributed by atoms with Gasteiger partial charge >= 0.3 is 5.97 Å². The molecule has 0 aliphatic carbocycles. The molecule has 0 aliphatic rings. The Morgan fingerprint density at radius 2 is 2.23 bits per heavy atom. The Bertz CT molecular complexity index is 898. The van der Waals surface area contributed by atoms with Crippen LogP contribution < -0.4 is 0 Å². The van der Waals surface area contributed by atoms with Crippen molar-refractivity contribution in [2.75, 3.05) is 13.4 Å². The Labute approximate surface area is 132 Å². The molecule has 0 unspecified atom stereocenters. The average Bonchev–Trinajstić information content (AvgIpc) is 3.08. The number of esters is 1. The van der Waals surface area contributed by atoms with Crippen LogP contribution >= 0.6 is 11.3 Å². The molecule has 0 radical (unpaired) electrons. The molecule has 3 aromatic heterocycles. The van der Waals surface area contributed by atoms with Gasteiger partial charge in [-0.25, -0.2) is 14.8 Å². The summed E-state index contributed by atoms with van der Waals surface area (Å²) < 4.78 is 22.5. The molecule has 0 aliphatic heterocycles. The lowest BCUT2D eigenvalue weighted by molar-refractivity contribution is 0.0607. The predicted molar refractivity (Wildman–Crippen MR) is 83.5 cm³/mol. The van der Waals surface area contributed by atoms with Gasteiger partial charge < -0.3 is 9.15 Å². The van der Waals surface area contributed by atoms with E-state index in [4.69, 9.17) is 9.15 Å². The van der Waals surface area contributed by atoms with Gasteiger partial charge in [0.15, 0.2) is 0 Å². The first-order valence-corrected chi connectivity index (χ1v) is 8.66. The van der Waals surface area contributed by atoms with Crippen LogP contribution in [-0.2, 0) is 15.5 Å². The Morgan fingerprint density at radius 3 is 2.82 bits per heavy atom. The van der Waals surface area contributed by atoms with E-state index < -0.39 is 16.8 Å². The van der Waals surface area contributed by atoms with Crippen LogP contribution in [-0.4, -0.2) is 33.5 Å². The third kappa shape index (κ3) is 2.34. The van der Waals surface area contributed by atoms with E-state index in [1.54, 1.807) is 25.5 Å². The third-order valence-corrected chi connectivity index (χ3v) is 4.97. The molecule has 22 heavy (non-hydrogen) atoms. The minimum Gasteiger partial charge on any atom is -0.469 e. The van der Waals surface area contributed by atoms with Crippen LogP contribution in [0.25, 0.3) is 21.3 Å². The van der Waals surface area contributed by atoms with Gasteiger partial charge in [-0.3, -0.25) is 4.21 Å². The number of furan rings is 1. The van der Waals surface area contributed by atoms with E-state index >= 15 is 0 Å². The molecule has 0 fully saturated rings. The van der Waals surface area contributed by atoms with Crippen molar-refractivity contribution in [1.29, 1.82) is 0 Å². The normalized spacial score (nSPS) is 12.5. The minimum absolute atomic E-state index is 0.226. The fourth-order valence-electron chi connectivity index (χ4n) is 2.15. The molecule has 0 amide bonds. The number of carbonyl (C=O) groups excluding carboxylic acids is 1. The molecule has 3 rings (SSSR count). The van der Waals surface area contributed by atoms with Crippen molar-refractivity contribution >= 4 is 38.3 Å². The number of thiophene rings is 1. The van der Waals surface area contributed by atoms with Crippen LogP contribution in [0.15, 0.2) is 28.1 Å². The second-order valence-electron chi connectivity index (χ2n) is 4.51.